The molecule has 1 heterocycles. The molecule has 0 bridgehead atoms. The minimum absolute atomic E-state index is 0.184. The highest BCUT2D eigenvalue weighted by atomic mass is 16.5. The summed E-state index contributed by atoms with van der Waals surface area (Å²) >= 11 is 0. The average Bonchev–Trinajstić information content (AvgIpc) is 2.70. The molecule has 3 heteroatoms. The Hall–Kier alpha value is -0.590. The maximum atomic E-state index is 8.83. The molecule has 0 N–H and O–H groups in total. The second-order valence-corrected chi connectivity index (χ2v) is 4.81. The van der Waals surface area contributed by atoms with E-state index in [1.165, 1.54) is 0 Å². The van der Waals surface area contributed by atoms with E-state index in [-0.39, 0.29) is 5.41 Å². The van der Waals surface area contributed by atoms with Gasteiger partial charge in [-0.25, -0.2) is 0 Å². The molecular weight excluding hydrogens is 190 g/mol. The van der Waals surface area contributed by atoms with Crippen molar-refractivity contribution in [2.75, 3.05) is 19.8 Å². The lowest BCUT2D eigenvalue weighted by molar-refractivity contribution is 0.0400. The first-order valence-corrected chi connectivity index (χ1v) is 5.75. The molecule has 0 radical (unpaired) electrons. The zero-order valence-corrected chi connectivity index (χ0v) is 9.79. The fourth-order valence-corrected chi connectivity index (χ4v) is 1.62. The molecule has 1 rings (SSSR count). The van der Waals surface area contributed by atoms with Gasteiger partial charge in [0.1, 0.15) is 0 Å². The van der Waals surface area contributed by atoms with Gasteiger partial charge < -0.3 is 9.47 Å². The maximum Gasteiger partial charge on any atom is 0.0830 e. The molecule has 0 aromatic heterocycles. The van der Waals surface area contributed by atoms with Gasteiger partial charge in [0.15, 0.2) is 0 Å². The Balaban J connectivity index is 1.95. The van der Waals surface area contributed by atoms with Gasteiger partial charge in [-0.3, -0.25) is 0 Å². The Morgan fingerprint density at radius 2 is 2.27 bits per heavy atom. The molecule has 1 aliphatic rings. The fourth-order valence-electron chi connectivity index (χ4n) is 1.62. The molecule has 0 amide bonds. The Kier molecular flexibility index (Phi) is 5.07. The molecule has 1 aliphatic heterocycles. The van der Waals surface area contributed by atoms with Crippen LogP contribution in [0.2, 0.25) is 0 Å². The molecule has 15 heavy (non-hydrogen) atoms. The first-order chi connectivity index (χ1) is 7.14. The normalized spacial score (nSPS) is 21.5. The van der Waals surface area contributed by atoms with Crippen LogP contribution >= 0.6 is 0 Å². The highest BCUT2D eigenvalue weighted by molar-refractivity contribution is 4.91. The van der Waals surface area contributed by atoms with Crippen LogP contribution in [0.15, 0.2) is 0 Å². The van der Waals surface area contributed by atoms with Gasteiger partial charge in [0, 0.05) is 13.2 Å². The van der Waals surface area contributed by atoms with Gasteiger partial charge >= 0.3 is 0 Å². The summed E-state index contributed by atoms with van der Waals surface area (Å²) in [6.07, 6.45) is 4.40. The van der Waals surface area contributed by atoms with Gasteiger partial charge in [0.25, 0.3) is 0 Å². The van der Waals surface area contributed by atoms with Gasteiger partial charge in [-0.15, -0.1) is 0 Å². The van der Waals surface area contributed by atoms with Crippen LogP contribution in [0.4, 0.5) is 0 Å². The molecule has 1 unspecified atom stereocenters. The monoisotopic (exact) mass is 211 g/mol. The highest BCUT2D eigenvalue weighted by Gasteiger charge is 2.17. The van der Waals surface area contributed by atoms with Crippen LogP contribution in [0.1, 0.15) is 39.5 Å². The summed E-state index contributed by atoms with van der Waals surface area (Å²) in [7, 11) is 0. The second-order valence-electron chi connectivity index (χ2n) is 4.81. The Bertz CT molecular complexity index is 214. The molecule has 0 spiro atoms. The van der Waals surface area contributed by atoms with Gasteiger partial charge in [0.05, 0.1) is 24.2 Å². The summed E-state index contributed by atoms with van der Waals surface area (Å²) < 4.78 is 10.9. The van der Waals surface area contributed by atoms with E-state index in [4.69, 9.17) is 14.7 Å². The van der Waals surface area contributed by atoms with Gasteiger partial charge in [-0.1, -0.05) is 0 Å². The number of nitriles is 1. The van der Waals surface area contributed by atoms with Gasteiger partial charge in [-0.05, 0) is 39.5 Å². The van der Waals surface area contributed by atoms with Crippen LogP contribution in [0.3, 0.4) is 0 Å². The third kappa shape index (κ3) is 5.15. The smallest absolute Gasteiger partial charge is 0.0830 e. The number of unbranched alkanes of at least 4 members (excludes halogenated alkanes) is 1. The zero-order chi connectivity index (χ0) is 11.1. The van der Waals surface area contributed by atoms with E-state index in [1.807, 2.05) is 13.8 Å². The summed E-state index contributed by atoms with van der Waals surface area (Å²) in [5.41, 5.74) is -0.184. The molecule has 1 fully saturated rings. The van der Waals surface area contributed by atoms with Crippen LogP contribution in [-0.2, 0) is 9.47 Å². The molecular formula is C12H21NO2. The van der Waals surface area contributed by atoms with Crippen LogP contribution < -0.4 is 0 Å². The number of hydrogen-bond acceptors (Lipinski definition) is 3. The van der Waals surface area contributed by atoms with Crippen molar-refractivity contribution >= 4 is 0 Å². The van der Waals surface area contributed by atoms with E-state index < -0.39 is 0 Å². The minimum Gasteiger partial charge on any atom is -0.379 e. The highest BCUT2D eigenvalue weighted by Crippen LogP contribution is 2.21. The van der Waals surface area contributed by atoms with Crippen molar-refractivity contribution in [2.45, 2.75) is 45.6 Å². The lowest BCUT2D eigenvalue weighted by Gasteiger charge is -2.15. The van der Waals surface area contributed by atoms with Crippen molar-refractivity contribution in [3.63, 3.8) is 0 Å². The third-order valence-corrected chi connectivity index (χ3v) is 2.74. The fraction of sp³-hybridized carbons (Fsp3) is 0.917. The van der Waals surface area contributed by atoms with Crippen LogP contribution in [0.5, 0.6) is 0 Å². The number of ether oxygens (including phenoxy) is 2. The lowest BCUT2D eigenvalue weighted by Crippen LogP contribution is -2.13. The molecule has 0 aromatic carbocycles. The zero-order valence-electron chi connectivity index (χ0n) is 9.79. The van der Waals surface area contributed by atoms with Crippen molar-refractivity contribution in [1.29, 1.82) is 5.26 Å². The van der Waals surface area contributed by atoms with Crippen molar-refractivity contribution in [1.82, 2.24) is 0 Å². The molecule has 0 aliphatic carbocycles. The van der Waals surface area contributed by atoms with E-state index in [9.17, 15) is 0 Å². The quantitative estimate of drug-likeness (QED) is 0.634. The molecule has 1 saturated heterocycles. The largest absolute Gasteiger partial charge is 0.379 e. The van der Waals surface area contributed by atoms with Crippen molar-refractivity contribution in [3.05, 3.63) is 0 Å². The first kappa shape index (κ1) is 12.5. The summed E-state index contributed by atoms with van der Waals surface area (Å²) in [5.74, 6) is 0. The standard InChI is InChI=1S/C12H21NO2/c1-12(2,10-13)6-3-4-7-15-11-5-8-14-9-11/h11H,3-9H2,1-2H3. The van der Waals surface area contributed by atoms with E-state index in [1.54, 1.807) is 0 Å². The predicted molar refractivity (Wildman–Crippen MR) is 58.4 cm³/mol. The van der Waals surface area contributed by atoms with E-state index in [0.29, 0.717) is 6.10 Å². The summed E-state index contributed by atoms with van der Waals surface area (Å²) in [5, 5.41) is 8.83. The van der Waals surface area contributed by atoms with Crippen LogP contribution in [0.25, 0.3) is 0 Å². The number of hydrogen-bond donors (Lipinski definition) is 0. The topological polar surface area (TPSA) is 42.2 Å². The Labute approximate surface area is 92.4 Å². The third-order valence-electron chi connectivity index (χ3n) is 2.74. The SMILES string of the molecule is CC(C)(C#N)CCCCOC1CCOC1. The van der Waals surface area contributed by atoms with Gasteiger partial charge in [0.2, 0.25) is 0 Å². The van der Waals surface area contributed by atoms with Crippen molar-refractivity contribution < 1.29 is 9.47 Å². The number of rotatable bonds is 6. The predicted octanol–water partition coefficient (Wildman–Crippen LogP) is 2.51. The van der Waals surface area contributed by atoms with Crippen LogP contribution in [0, 0.1) is 16.7 Å². The maximum absolute atomic E-state index is 8.83. The molecule has 0 aromatic rings. The Morgan fingerprint density at radius 1 is 1.47 bits per heavy atom. The minimum atomic E-state index is -0.184. The average molecular weight is 211 g/mol. The molecule has 1 atom stereocenters. The second kappa shape index (κ2) is 6.09. The summed E-state index contributed by atoms with van der Waals surface area (Å²) in [4.78, 5) is 0. The van der Waals surface area contributed by atoms with E-state index in [2.05, 4.69) is 6.07 Å². The van der Waals surface area contributed by atoms with E-state index >= 15 is 0 Å². The first-order valence-electron chi connectivity index (χ1n) is 5.75. The molecule has 86 valence electrons. The lowest BCUT2D eigenvalue weighted by atomic mass is 9.89. The van der Waals surface area contributed by atoms with Crippen LogP contribution in [-0.4, -0.2) is 25.9 Å². The molecule has 0 saturated carbocycles. The molecule has 3 nitrogen and oxygen atoms in total. The Morgan fingerprint density at radius 3 is 2.87 bits per heavy atom. The van der Waals surface area contributed by atoms with E-state index in [0.717, 1.165) is 45.5 Å². The van der Waals surface area contributed by atoms with Crippen molar-refractivity contribution in [2.24, 2.45) is 5.41 Å². The summed E-state index contributed by atoms with van der Waals surface area (Å²) in [6, 6.07) is 2.31. The van der Waals surface area contributed by atoms with Crippen molar-refractivity contribution in [3.8, 4) is 6.07 Å². The van der Waals surface area contributed by atoms with Gasteiger partial charge in [-0.2, -0.15) is 5.26 Å². The number of nitrogens with zero attached hydrogens (tertiary/aromatic N) is 1. The summed E-state index contributed by atoms with van der Waals surface area (Å²) in [6.45, 7) is 6.36.